The van der Waals surface area contributed by atoms with Gasteiger partial charge in [0.15, 0.2) is 10.9 Å². The number of amides is 1. The van der Waals surface area contributed by atoms with Crippen LogP contribution >= 0.6 is 25.3 Å². The molecule has 0 aromatic heterocycles. The predicted octanol–water partition coefficient (Wildman–Crippen LogP) is 0.372. The van der Waals surface area contributed by atoms with Crippen molar-refractivity contribution in [2.75, 3.05) is 6.54 Å². The van der Waals surface area contributed by atoms with Gasteiger partial charge in [0.1, 0.15) is 0 Å². The summed E-state index contributed by atoms with van der Waals surface area (Å²) < 4.78 is 4.72. The van der Waals surface area contributed by atoms with Gasteiger partial charge in [-0.05, 0) is 5.92 Å². The molecule has 7 heteroatoms. The first-order chi connectivity index (χ1) is 6.84. The van der Waals surface area contributed by atoms with Crippen molar-refractivity contribution >= 4 is 37.1 Å². The Morgan fingerprint density at radius 3 is 2.27 bits per heavy atom. The maximum Gasteiger partial charge on any atom is 0.343 e. The average Bonchev–Trinajstić information content (AvgIpc) is 2.13. The average molecular weight is 253 g/mol. The number of aliphatic carboxylic acids is 1. The van der Waals surface area contributed by atoms with Crippen LogP contribution in [0.1, 0.15) is 13.8 Å². The fourth-order valence-corrected chi connectivity index (χ4v) is 1.06. The largest absolute Gasteiger partial charge is 0.479 e. The second-order valence-corrected chi connectivity index (χ2v) is 4.26. The first kappa shape index (κ1) is 14.6. The molecule has 0 bridgehead atoms. The van der Waals surface area contributed by atoms with Gasteiger partial charge >= 0.3 is 5.97 Å². The third kappa shape index (κ3) is 6.64. The van der Waals surface area contributed by atoms with Crippen LogP contribution in [0.4, 0.5) is 0 Å². The van der Waals surface area contributed by atoms with Gasteiger partial charge in [0.25, 0.3) is 5.91 Å². The highest BCUT2D eigenvalue weighted by molar-refractivity contribution is 7.82. The van der Waals surface area contributed by atoms with Gasteiger partial charge in [0, 0.05) is 6.54 Å². The number of hydrogen-bond donors (Lipinski definition) is 4. The first-order valence-corrected chi connectivity index (χ1v) is 5.40. The molecule has 0 radical (unpaired) electrons. The Kier molecular flexibility index (Phi) is 6.78. The Balaban J connectivity index is 3.93. The summed E-state index contributed by atoms with van der Waals surface area (Å²) in [5.74, 6) is -1.41. The summed E-state index contributed by atoms with van der Waals surface area (Å²) in [4.78, 5) is 21.6. The van der Waals surface area contributed by atoms with Crippen molar-refractivity contribution in [1.82, 2.24) is 5.32 Å². The van der Waals surface area contributed by atoms with Crippen molar-refractivity contribution in [3.8, 4) is 0 Å². The van der Waals surface area contributed by atoms with E-state index >= 15 is 0 Å². The van der Waals surface area contributed by atoms with Gasteiger partial charge in [-0.3, -0.25) is 4.79 Å². The van der Waals surface area contributed by atoms with E-state index in [0.29, 0.717) is 12.5 Å². The summed E-state index contributed by atoms with van der Waals surface area (Å²) in [6, 6.07) is 0. The summed E-state index contributed by atoms with van der Waals surface area (Å²) in [7, 11) is 0. The third-order valence-corrected chi connectivity index (χ3v) is 2.08. The predicted molar refractivity (Wildman–Crippen MR) is 62.1 cm³/mol. The van der Waals surface area contributed by atoms with Gasteiger partial charge in [-0.25, -0.2) is 4.79 Å². The fraction of sp³-hybridized carbons (Fsp3) is 0.750. The Bertz CT molecular complexity index is 235. The van der Waals surface area contributed by atoms with Crippen LogP contribution < -0.4 is 5.32 Å². The second kappa shape index (κ2) is 6.97. The van der Waals surface area contributed by atoms with E-state index < -0.39 is 22.7 Å². The van der Waals surface area contributed by atoms with Crippen molar-refractivity contribution in [3.63, 3.8) is 0 Å². The lowest BCUT2D eigenvalue weighted by atomic mass is 10.2. The summed E-state index contributed by atoms with van der Waals surface area (Å²) in [5.41, 5.74) is -2.47. The number of rotatable bonds is 6. The van der Waals surface area contributed by atoms with Crippen LogP contribution in [0.2, 0.25) is 0 Å². The molecular weight excluding hydrogens is 238 g/mol. The molecule has 0 heterocycles. The number of nitrogens with one attached hydrogen (secondary N) is 1. The molecule has 0 aliphatic heterocycles. The molecule has 0 saturated heterocycles. The number of carbonyl (C=O) groups is 2. The van der Waals surface area contributed by atoms with Gasteiger partial charge in [-0.15, -0.1) is 25.3 Å². The standard InChI is InChI=1S/C8H15NO4S2/c1-4(2)3-9-5(10)7(14)13-8(15)6(11)12/h4,7-8,14-15H,3H2,1-2H3,(H,9,10)(H,11,12). The minimum Gasteiger partial charge on any atom is -0.479 e. The van der Waals surface area contributed by atoms with E-state index in [4.69, 9.17) is 9.84 Å². The minimum absolute atomic E-state index is 0.306. The molecule has 5 nitrogen and oxygen atoms in total. The maximum absolute atomic E-state index is 11.3. The minimum atomic E-state index is -1.35. The van der Waals surface area contributed by atoms with Crippen LogP contribution in [0.5, 0.6) is 0 Å². The molecule has 2 N–H and O–H groups in total. The molecule has 0 aliphatic rings. The molecule has 0 aliphatic carbocycles. The molecule has 0 fully saturated rings. The molecule has 2 unspecified atom stereocenters. The topological polar surface area (TPSA) is 75.6 Å². The Hall–Kier alpha value is -0.400. The lowest BCUT2D eigenvalue weighted by Gasteiger charge is -2.15. The van der Waals surface area contributed by atoms with E-state index in [1.54, 1.807) is 0 Å². The van der Waals surface area contributed by atoms with Crippen molar-refractivity contribution in [1.29, 1.82) is 0 Å². The summed E-state index contributed by atoms with van der Waals surface area (Å²) in [6.45, 7) is 4.37. The van der Waals surface area contributed by atoms with Crippen molar-refractivity contribution in [2.45, 2.75) is 24.7 Å². The molecule has 0 aromatic rings. The zero-order chi connectivity index (χ0) is 12.0. The maximum atomic E-state index is 11.3. The van der Waals surface area contributed by atoms with Crippen LogP contribution in [-0.4, -0.2) is 34.4 Å². The Morgan fingerprint density at radius 2 is 1.87 bits per heavy atom. The van der Waals surface area contributed by atoms with Gasteiger partial charge in [-0.1, -0.05) is 13.8 Å². The Labute approximate surface area is 99.4 Å². The number of ether oxygens (including phenoxy) is 1. The normalized spacial score (nSPS) is 14.7. The lowest BCUT2D eigenvalue weighted by Crippen LogP contribution is -2.37. The highest BCUT2D eigenvalue weighted by Gasteiger charge is 2.21. The quantitative estimate of drug-likeness (QED) is 0.407. The van der Waals surface area contributed by atoms with Crippen LogP contribution in [-0.2, 0) is 14.3 Å². The monoisotopic (exact) mass is 253 g/mol. The SMILES string of the molecule is CC(C)CNC(=O)C(S)OC(S)C(=O)O. The highest BCUT2D eigenvalue weighted by Crippen LogP contribution is 2.06. The summed E-state index contributed by atoms with van der Waals surface area (Å²) >= 11 is 7.43. The summed E-state index contributed by atoms with van der Waals surface area (Å²) in [5, 5.41) is 11.0. The third-order valence-electron chi connectivity index (χ3n) is 1.38. The van der Waals surface area contributed by atoms with Crippen molar-refractivity contribution < 1.29 is 19.4 Å². The molecule has 2 atom stereocenters. The molecule has 0 rings (SSSR count). The van der Waals surface area contributed by atoms with E-state index in [0.717, 1.165) is 0 Å². The zero-order valence-electron chi connectivity index (χ0n) is 8.51. The van der Waals surface area contributed by atoms with Gasteiger partial charge in [0.2, 0.25) is 0 Å². The number of hydrogen-bond acceptors (Lipinski definition) is 5. The fourth-order valence-electron chi connectivity index (χ4n) is 0.634. The van der Waals surface area contributed by atoms with E-state index in [1.807, 2.05) is 13.8 Å². The van der Waals surface area contributed by atoms with Gasteiger partial charge in [-0.2, -0.15) is 0 Å². The first-order valence-electron chi connectivity index (χ1n) is 4.36. The van der Waals surface area contributed by atoms with Crippen LogP contribution in [0.3, 0.4) is 0 Å². The van der Waals surface area contributed by atoms with E-state index in [1.165, 1.54) is 0 Å². The number of carboxylic acid groups (broad SMARTS) is 1. The molecule has 88 valence electrons. The molecular formula is C8H15NO4S2. The molecule has 0 aromatic carbocycles. The second-order valence-electron chi connectivity index (χ2n) is 3.32. The number of carboxylic acids is 1. The van der Waals surface area contributed by atoms with Gasteiger partial charge < -0.3 is 15.2 Å². The summed E-state index contributed by atoms with van der Waals surface area (Å²) in [6.07, 6.45) is 0. The van der Waals surface area contributed by atoms with Crippen LogP contribution in [0.15, 0.2) is 0 Å². The van der Waals surface area contributed by atoms with Gasteiger partial charge in [0.05, 0.1) is 0 Å². The molecule has 15 heavy (non-hydrogen) atoms. The zero-order valence-corrected chi connectivity index (χ0v) is 10.3. The smallest absolute Gasteiger partial charge is 0.343 e. The van der Waals surface area contributed by atoms with E-state index in [2.05, 4.69) is 30.6 Å². The lowest BCUT2D eigenvalue weighted by molar-refractivity contribution is -0.147. The Morgan fingerprint density at radius 1 is 1.33 bits per heavy atom. The van der Waals surface area contributed by atoms with E-state index in [-0.39, 0.29) is 0 Å². The molecule has 1 amide bonds. The number of carbonyl (C=O) groups excluding carboxylic acids is 1. The molecule has 0 saturated carbocycles. The van der Waals surface area contributed by atoms with Crippen molar-refractivity contribution in [2.24, 2.45) is 5.92 Å². The van der Waals surface area contributed by atoms with Crippen molar-refractivity contribution in [3.05, 3.63) is 0 Å². The molecule has 0 spiro atoms. The van der Waals surface area contributed by atoms with E-state index in [9.17, 15) is 9.59 Å². The highest BCUT2D eigenvalue weighted by atomic mass is 32.1. The number of thiol groups is 2. The van der Waals surface area contributed by atoms with Crippen LogP contribution in [0.25, 0.3) is 0 Å². The van der Waals surface area contributed by atoms with Crippen LogP contribution in [0, 0.1) is 5.92 Å².